The van der Waals surface area contributed by atoms with E-state index in [2.05, 4.69) is 15.3 Å². The largest absolute Gasteiger partial charge is 0.321 e. The summed E-state index contributed by atoms with van der Waals surface area (Å²) in [6, 6.07) is 15.5. The second kappa shape index (κ2) is 8.09. The van der Waals surface area contributed by atoms with Gasteiger partial charge in [0.1, 0.15) is 5.82 Å². The Kier molecular flexibility index (Phi) is 5.63. The van der Waals surface area contributed by atoms with E-state index in [0.29, 0.717) is 22.2 Å². The van der Waals surface area contributed by atoms with Gasteiger partial charge in [-0.1, -0.05) is 59.8 Å². The van der Waals surface area contributed by atoms with Crippen molar-refractivity contribution in [3.63, 3.8) is 0 Å². The van der Waals surface area contributed by atoms with E-state index < -0.39 is 5.91 Å². The molecule has 3 aromatic rings. The summed E-state index contributed by atoms with van der Waals surface area (Å²) in [5, 5.41) is 3.24. The van der Waals surface area contributed by atoms with E-state index in [1.54, 1.807) is 30.3 Å². The number of anilines is 1. The second-order valence-electron chi connectivity index (χ2n) is 5.05. The third-order valence-corrected chi connectivity index (χ3v) is 4.47. The van der Waals surface area contributed by atoms with E-state index in [4.69, 9.17) is 11.6 Å². The lowest BCUT2D eigenvalue weighted by Crippen LogP contribution is -2.15. The van der Waals surface area contributed by atoms with Crippen molar-refractivity contribution < 1.29 is 9.18 Å². The van der Waals surface area contributed by atoms with Gasteiger partial charge in [-0.05, 0) is 23.8 Å². The Labute approximate surface area is 153 Å². The van der Waals surface area contributed by atoms with Crippen LogP contribution in [0.25, 0.3) is 0 Å². The summed E-state index contributed by atoms with van der Waals surface area (Å²) in [5.74, 6) is -0.356. The first kappa shape index (κ1) is 17.4. The maximum Gasteiger partial charge on any atom is 0.275 e. The smallest absolute Gasteiger partial charge is 0.275 e. The number of hydrogen-bond acceptors (Lipinski definition) is 4. The number of rotatable bonds is 5. The highest BCUT2D eigenvalue weighted by atomic mass is 35.5. The van der Waals surface area contributed by atoms with Crippen LogP contribution < -0.4 is 5.32 Å². The van der Waals surface area contributed by atoms with Gasteiger partial charge in [0, 0.05) is 11.4 Å². The number of benzene rings is 2. The zero-order valence-corrected chi connectivity index (χ0v) is 14.5. The quantitative estimate of drug-likeness (QED) is 0.515. The summed E-state index contributed by atoms with van der Waals surface area (Å²) in [6.45, 7) is 0. The van der Waals surface area contributed by atoms with Crippen molar-refractivity contribution in [2.45, 2.75) is 10.9 Å². The van der Waals surface area contributed by atoms with Gasteiger partial charge in [0.15, 0.2) is 10.9 Å². The second-order valence-corrected chi connectivity index (χ2v) is 6.40. The summed E-state index contributed by atoms with van der Waals surface area (Å²) in [4.78, 5) is 20.6. The summed E-state index contributed by atoms with van der Waals surface area (Å²) >= 11 is 7.28. The zero-order valence-electron chi connectivity index (χ0n) is 12.9. The van der Waals surface area contributed by atoms with Gasteiger partial charge in [0.05, 0.1) is 11.2 Å². The van der Waals surface area contributed by atoms with E-state index >= 15 is 0 Å². The molecule has 0 atom stereocenters. The number of nitrogens with one attached hydrogen (secondary N) is 1. The Bertz CT molecular complexity index is 892. The van der Waals surface area contributed by atoms with Crippen LogP contribution in [0.2, 0.25) is 5.02 Å². The first-order valence-electron chi connectivity index (χ1n) is 7.38. The molecule has 1 heterocycles. The van der Waals surface area contributed by atoms with Gasteiger partial charge in [0.2, 0.25) is 0 Å². The number of carbonyl (C=O) groups excluding carboxylic acids is 1. The Morgan fingerprint density at radius 2 is 1.84 bits per heavy atom. The maximum absolute atomic E-state index is 13.7. The normalized spacial score (nSPS) is 10.5. The highest BCUT2D eigenvalue weighted by Crippen LogP contribution is 2.23. The SMILES string of the molecule is O=C(Nc1ccccc1)c1nc(SCc2ccccc2F)ncc1Cl. The van der Waals surface area contributed by atoms with Crippen molar-refractivity contribution in [2.24, 2.45) is 0 Å². The minimum absolute atomic E-state index is 0.0801. The van der Waals surface area contributed by atoms with Gasteiger partial charge in [-0.25, -0.2) is 14.4 Å². The standard InChI is InChI=1S/C18H13ClFN3OS/c19-14-10-21-18(25-11-12-6-4-5-9-15(12)20)23-16(14)17(24)22-13-7-2-1-3-8-13/h1-10H,11H2,(H,22,24). The van der Waals surface area contributed by atoms with Crippen molar-refractivity contribution in [3.8, 4) is 0 Å². The predicted molar refractivity (Wildman–Crippen MR) is 97.4 cm³/mol. The Hall–Kier alpha value is -2.44. The molecule has 0 spiro atoms. The molecule has 0 aliphatic carbocycles. The number of hydrogen-bond donors (Lipinski definition) is 1. The van der Waals surface area contributed by atoms with Crippen molar-refractivity contribution >= 4 is 35.0 Å². The highest BCUT2D eigenvalue weighted by molar-refractivity contribution is 7.98. The lowest BCUT2D eigenvalue weighted by Gasteiger charge is -2.07. The van der Waals surface area contributed by atoms with Gasteiger partial charge < -0.3 is 5.32 Å². The van der Waals surface area contributed by atoms with Crippen molar-refractivity contribution in [3.05, 3.63) is 82.9 Å². The number of halogens is 2. The van der Waals surface area contributed by atoms with Crippen LogP contribution in [-0.4, -0.2) is 15.9 Å². The average molecular weight is 374 g/mol. The highest BCUT2D eigenvalue weighted by Gasteiger charge is 2.15. The van der Waals surface area contributed by atoms with E-state index in [9.17, 15) is 9.18 Å². The molecule has 1 amide bonds. The third-order valence-electron chi connectivity index (χ3n) is 3.28. The summed E-state index contributed by atoms with van der Waals surface area (Å²) in [7, 11) is 0. The maximum atomic E-state index is 13.7. The van der Waals surface area contributed by atoms with Crippen molar-refractivity contribution in [2.75, 3.05) is 5.32 Å². The van der Waals surface area contributed by atoms with Crippen LogP contribution >= 0.6 is 23.4 Å². The monoisotopic (exact) mass is 373 g/mol. The van der Waals surface area contributed by atoms with Gasteiger partial charge in [-0.15, -0.1) is 0 Å². The van der Waals surface area contributed by atoms with Crippen molar-refractivity contribution in [1.29, 1.82) is 0 Å². The number of nitrogens with zero attached hydrogens (tertiary/aromatic N) is 2. The zero-order chi connectivity index (χ0) is 17.6. The molecule has 0 radical (unpaired) electrons. The molecule has 1 N–H and O–H groups in total. The van der Waals surface area contributed by atoms with Crippen LogP contribution in [0, 0.1) is 5.82 Å². The molecule has 0 aliphatic heterocycles. The number of amides is 1. The van der Waals surface area contributed by atoms with Gasteiger partial charge in [-0.3, -0.25) is 4.79 Å². The summed E-state index contributed by atoms with van der Waals surface area (Å²) < 4.78 is 13.7. The van der Waals surface area contributed by atoms with Gasteiger partial charge in [-0.2, -0.15) is 0 Å². The Balaban J connectivity index is 1.74. The lowest BCUT2D eigenvalue weighted by atomic mass is 10.2. The minimum atomic E-state index is -0.425. The fraction of sp³-hybridized carbons (Fsp3) is 0.0556. The molecule has 0 unspecified atom stereocenters. The first-order valence-corrected chi connectivity index (χ1v) is 8.75. The Morgan fingerprint density at radius 3 is 2.60 bits per heavy atom. The van der Waals surface area contributed by atoms with Crippen LogP contribution in [-0.2, 0) is 5.75 Å². The number of aromatic nitrogens is 2. The summed E-state index contributed by atoms with van der Waals surface area (Å²) in [6.07, 6.45) is 1.37. The fourth-order valence-corrected chi connectivity index (χ4v) is 3.03. The molecule has 0 aliphatic rings. The topological polar surface area (TPSA) is 54.9 Å². The number of carbonyl (C=O) groups is 1. The van der Waals surface area contributed by atoms with Crippen LogP contribution in [0.1, 0.15) is 16.1 Å². The van der Waals surface area contributed by atoms with Crippen LogP contribution in [0.15, 0.2) is 66.0 Å². The molecular formula is C18H13ClFN3OS. The summed E-state index contributed by atoms with van der Waals surface area (Å²) in [5.41, 5.74) is 1.26. The predicted octanol–water partition coefficient (Wildman–Crippen LogP) is 4.81. The molecule has 2 aromatic carbocycles. The van der Waals surface area contributed by atoms with Crippen molar-refractivity contribution in [1.82, 2.24) is 9.97 Å². The molecule has 3 rings (SSSR count). The van der Waals surface area contributed by atoms with E-state index in [-0.39, 0.29) is 16.5 Å². The molecule has 0 fully saturated rings. The molecule has 0 saturated carbocycles. The average Bonchev–Trinajstić information content (AvgIpc) is 2.63. The molecule has 0 bridgehead atoms. The van der Waals surface area contributed by atoms with E-state index in [1.165, 1.54) is 24.0 Å². The Morgan fingerprint density at radius 1 is 1.12 bits per heavy atom. The van der Waals surface area contributed by atoms with Crippen LogP contribution in [0.4, 0.5) is 10.1 Å². The lowest BCUT2D eigenvalue weighted by molar-refractivity contribution is 0.102. The van der Waals surface area contributed by atoms with Gasteiger partial charge in [0.25, 0.3) is 5.91 Å². The minimum Gasteiger partial charge on any atom is -0.321 e. The molecule has 25 heavy (non-hydrogen) atoms. The molecule has 1 aromatic heterocycles. The number of para-hydroxylation sites is 1. The molecular weight excluding hydrogens is 361 g/mol. The van der Waals surface area contributed by atoms with E-state index in [0.717, 1.165) is 0 Å². The van der Waals surface area contributed by atoms with Gasteiger partial charge >= 0.3 is 0 Å². The molecule has 126 valence electrons. The van der Waals surface area contributed by atoms with Crippen LogP contribution in [0.3, 0.4) is 0 Å². The molecule has 4 nitrogen and oxygen atoms in total. The fourth-order valence-electron chi connectivity index (χ4n) is 2.05. The molecule has 0 saturated heterocycles. The third kappa shape index (κ3) is 4.55. The first-order chi connectivity index (χ1) is 12.1. The molecule has 7 heteroatoms. The van der Waals surface area contributed by atoms with E-state index in [1.807, 2.05) is 18.2 Å². The number of thioether (sulfide) groups is 1. The van der Waals surface area contributed by atoms with Crippen LogP contribution in [0.5, 0.6) is 0 Å².